The molecule has 2 aromatic rings. The van der Waals surface area contributed by atoms with Gasteiger partial charge < -0.3 is 0 Å². The molecule has 0 radical (unpaired) electrons. The first-order valence-electron chi connectivity index (χ1n) is 5.04. The smallest absolute Gasteiger partial charge is 0.282 e. The van der Waals surface area contributed by atoms with E-state index in [0.717, 1.165) is 12.1 Å². The fraction of sp³-hybridized carbons (Fsp3) is 0. The molecule has 0 aliphatic heterocycles. The maximum absolute atomic E-state index is 11.4. The Balaban J connectivity index is 3.10. The average Bonchev–Trinajstić information content (AvgIpc) is 2.34. The normalized spacial score (nSPS) is 12.5. The van der Waals surface area contributed by atoms with E-state index in [1.54, 1.807) is 0 Å². The van der Waals surface area contributed by atoms with Crippen molar-refractivity contribution in [3.63, 3.8) is 0 Å². The molecule has 0 aliphatic rings. The topological polar surface area (TPSA) is 145 Å². The molecule has 0 saturated carbocycles. The van der Waals surface area contributed by atoms with Crippen LogP contribution in [0.2, 0.25) is 0 Å². The second-order valence-electron chi connectivity index (χ2n) is 3.83. The Kier molecular flexibility index (Phi) is 3.34. The van der Waals surface area contributed by atoms with Gasteiger partial charge in [-0.3, -0.25) is 9.11 Å². The lowest BCUT2D eigenvalue weighted by molar-refractivity contribution is 0.481. The van der Waals surface area contributed by atoms with E-state index in [1.165, 1.54) is 18.2 Å². The summed E-state index contributed by atoms with van der Waals surface area (Å²) in [6.07, 6.45) is 0. The van der Waals surface area contributed by atoms with Gasteiger partial charge in [0.1, 0.15) is 15.5 Å². The first-order chi connectivity index (χ1) is 9.16. The van der Waals surface area contributed by atoms with Crippen LogP contribution in [0.5, 0.6) is 0 Å². The standard InChI is InChI=1S/C10H8N2O6S2/c11-12-8-5-4-6-7(10(8)20(16,17)18)2-1-3-9(6)19(13,14)15/h1-5,11H,(H,13,14,15)(H,16,17,18). The fourth-order valence-electron chi connectivity index (χ4n) is 1.87. The molecule has 0 saturated heterocycles. The molecule has 2 rings (SSSR count). The van der Waals surface area contributed by atoms with Gasteiger partial charge in [0.2, 0.25) is 0 Å². The molecule has 0 bridgehead atoms. The first kappa shape index (κ1) is 14.5. The summed E-state index contributed by atoms with van der Waals surface area (Å²) < 4.78 is 63.6. The minimum absolute atomic E-state index is 0.102. The number of rotatable bonds is 3. The van der Waals surface area contributed by atoms with Crippen molar-refractivity contribution < 1.29 is 25.9 Å². The Morgan fingerprint density at radius 2 is 1.55 bits per heavy atom. The SMILES string of the molecule is N=Nc1ccc2c(S(=O)(=O)O)cccc2c1S(=O)(=O)O. The minimum atomic E-state index is -4.72. The molecule has 0 spiro atoms. The van der Waals surface area contributed by atoms with Gasteiger partial charge in [-0.05, 0) is 12.1 Å². The van der Waals surface area contributed by atoms with Gasteiger partial charge in [0.25, 0.3) is 20.2 Å². The van der Waals surface area contributed by atoms with Gasteiger partial charge in [0.05, 0.1) is 0 Å². The van der Waals surface area contributed by atoms with E-state index in [0.29, 0.717) is 0 Å². The van der Waals surface area contributed by atoms with Gasteiger partial charge >= 0.3 is 0 Å². The van der Waals surface area contributed by atoms with Crippen molar-refractivity contribution >= 4 is 36.7 Å². The summed E-state index contributed by atoms with van der Waals surface area (Å²) in [7, 11) is -9.29. The first-order valence-corrected chi connectivity index (χ1v) is 7.92. The Bertz CT molecular complexity index is 918. The maximum atomic E-state index is 11.4. The lowest BCUT2D eigenvalue weighted by Gasteiger charge is -2.09. The van der Waals surface area contributed by atoms with Gasteiger partial charge in [0.15, 0.2) is 0 Å². The van der Waals surface area contributed by atoms with Gasteiger partial charge in [-0.1, -0.05) is 18.2 Å². The van der Waals surface area contributed by atoms with Crippen LogP contribution in [0.25, 0.3) is 10.8 Å². The lowest BCUT2D eigenvalue weighted by atomic mass is 10.1. The number of nitrogens with zero attached hydrogens (tertiary/aromatic N) is 1. The average molecular weight is 316 g/mol. The highest BCUT2D eigenvalue weighted by molar-refractivity contribution is 7.86. The molecule has 0 fully saturated rings. The molecule has 0 atom stereocenters. The Morgan fingerprint density at radius 3 is 2.05 bits per heavy atom. The summed E-state index contributed by atoms with van der Waals surface area (Å²) in [5, 5.41) is 2.72. The van der Waals surface area contributed by atoms with Crippen LogP contribution in [-0.4, -0.2) is 25.9 Å². The highest BCUT2D eigenvalue weighted by Gasteiger charge is 2.23. The number of hydrogen-bond donors (Lipinski definition) is 3. The van der Waals surface area contributed by atoms with Crippen LogP contribution in [0.4, 0.5) is 5.69 Å². The van der Waals surface area contributed by atoms with Crippen molar-refractivity contribution in [1.82, 2.24) is 0 Å². The third-order valence-electron chi connectivity index (χ3n) is 2.61. The highest BCUT2D eigenvalue weighted by Crippen LogP contribution is 2.34. The van der Waals surface area contributed by atoms with E-state index in [4.69, 9.17) is 10.1 Å². The Labute approximate surface area is 114 Å². The predicted molar refractivity (Wildman–Crippen MR) is 68.4 cm³/mol. The molecule has 8 nitrogen and oxygen atoms in total. The minimum Gasteiger partial charge on any atom is -0.282 e. The van der Waals surface area contributed by atoms with Crippen LogP contribution in [0, 0.1) is 5.53 Å². The molecule has 0 aromatic heterocycles. The summed E-state index contributed by atoms with van der Waals surface area (Å²) in [6, 6.07) is 5.78. The van der Waals surface area contributed by atoms with E-state index in [1.807, 2.05) is 0 Å². The van der Waals surface area contributed by atoms with Gasteiger partial charge in [-0.2, -0.15) is 21.9 Å². The van der Waals surface area contributed by atoms with Gasteiger partial charge in [-0.25, -0.2) is 5.53 Å². The Morgan fingerprint density at radius 1 is 0.900 bits per heavy atom. The van der Waals surface area contributed by atoms with Crippen molar-refractivity contribution in [2.45, 2.75) is 9.79 Å². The van der Waals surface area contributed by atoms with Crippen LogP contribution < -0.4 is 0 Å². The van der Waals surface area contributed by atoms with Crippen LogP contribution in [0.15, 0.2) is 45.2 Å². The van der Waals surface area contributed by atoms with Gasteiger partial charge in [0, 0.05) is 10.8 Å². The molecule has 0 amide bonds. The molecule has 20 heavy (non-hydrogen) atoms. The monoisotopic (exact) mass is 316 g/mol. The predicted octanol–water partition coefficient (Wildman–Crippen LogP) is 2.00. The van der Waals surface area contributed by atoms with Crippen molar-refractivity contribution in [3.8, 4) is 0 Å². The number of benzene rings is 2. The van der Waals surface area contributed by atoms with Crippen molar-refractivity contribution in [3.05, 3.63) is 30.3 Å². The number of fused-ring (bicyclic) bond motifs is 1. The van der Waals surface area contributed by atoms with Crippen LogP contribution in [0.1, 0.15) is 0 Å². The van der Waals surface area contributed by atoms with Crippen LogP contribution >= 0.6 is 0 Å². The second-order valence-corrected chi connectivity index (χ2v) is 6.58. The largest absolute Gasteiger partial charge is 0.297 e. The molecule has 3 N–H and O–H groups in total. The third-order valence-corrected chi connectivity index (χ3v) is 4.46. The Hall–Kier alpha value is -1.88. The molecule has 0 aliphatic carbocycles. The summed E-state index contributed by atoms with van der Waals surface area (Å²) in [6.45, 7) is 0. The zero-order chi connectivity index (χ0) is 15.1. The maximum Gasteiger partial charge on any atom is 0.297 e. The van der Waals surface area contributed by atoms with E-state index in [9.17, 15) is 21.4 Å². The number of hydrogen-bond acceptors (Lipinski definition) is 6. The second kappa shape index (κ2) is 4.59. The van der Waals surface area contributed by atoms with E-state index < -0.39 is 30.0 Å². The summed E-state index contributed by atoms with van der Waals surface area (Å²) >= 11 is 0. The molecule has 0 heterocycles. The van der Waals surface area contributed by atoms with E-state index in [-0.39, 0.29) is 16.5 Å². The number of nitrogens with one attached hydrogen (secondary N) is 1. The lowest BCUT2D eigenvalue weighted by Crippen LogP contribution is -2.03. The summed E-state index contributed by atoms with van der Waals surface area (Å²) in [4.78, 5) is -1.19. The molecular formula is C10H8N2O6S2. The molecule has 0 unspecified atom stereocenters. The zero-order valence-corrected chi connectivity index (χ0v) is 11.3. The quantitative estimate of drug-likeness (QED) is 0.583. The van der Waals surface area contributed by atoms with Crippen LogP contribution in [0.3, 0.4) is 0 Å². The summed E-state index contributed by atoms with van der Waals surface area (Å²) in [5.41, 5.74) is 6.56. The molecule has 10 heteroatoms. The molecular weight excluding hydrogens is 308 g/mol. The van der Waals surface area contributed by atoms with Gasteiger partial charge in [-0.15, -0.1) is 0 Å². The zero-order valence-electron chi connectivity index (χ0n) is 9.68. The highest BCUT2D eigenvalue weighted by atomic mass is 32.2. The summed E-state index contributed by atoms with van der Waals surface area (Å²) in [5.74, 6) is 0. The van der Waals surface area contributed by atoms with Crippen molar-refractivity contribution in [1.29, 1.82) is 5.53 Å². The third kappa shape index (κ3) is 2.41. The van der Waals surface area contributed by atoms with E-state index >= 15 is 0 Å². The molecule has 2 aromatic carbocycles. The van der Waals surface area contributed by atoms with E-state index in [2.05, 4.69) is 5.11 Å². The van der Waals surface area contributed by atoms with Crippen molar-refractivity contribution in [2.75, 3.05) is 0 Å². The van der Waals surface area contributed by atoms with Crippen molar-refractivity contribution in [2.24, 2.45) is 5.11 Å². The van der Waals surface area contributed by atoms with Crippen LogP contribution in [-0.2, 0) is 20.2 Å². The fourth-order valence-corrected chi connectivity index (χ4v) is 3.41. The molecule has 106 valence electrons.